The van der Waals surface area contributed by atoms with Gasteiger partial charge in [0.25, 0.3) is 5.91 Å². The van der Waals surface area contributed by atoms with Crippen molar-refractivity contribution in [1.82, 2.24) is 4.90 Å². The molecule has 2 heterocycles. The Balaban J connectivity index is 1.38. The lowest BCUT2D eigenvalue weighted by molar-refractivity contribution is 0.0975. The van der Waals surface area contributed by atoms with E-state index in [9.17, 15) is 9.18 Å². The van der Waals surface area contributed by atoms with Gasteiger partial charge in [-0.2, -0.15) is 0 Å². The number of hydrogen-bond donors (Lipinski definition) is 0. The maximum absolute atomic E-state index is 13.4. The van der Waals surface area contributed by atoms with Crippen LogP contribution in [0, 0.1) is 26.6 Å². The summed E-state index contributed by atoms with van der Waals surface area (Å²) in [6, 6.07) is 19.1. The van der Waals surface area contributed by atoms with E-state index in [0.29, 0.717) is 12.1 Å². The summed E-state index contributed by atoms with van der Waals surface area (Å²) >= 11 is 0. The number of piperidine rings is 1. The first-order chi connectivity index (χ1) is 15.8. The van der Waals surface area contributed by atoms with E-state index < -0.39 is 0 Å². The summed E-state index contributed by atoms with van der Waals surface area (Å²) in [6.45, 7) is 10.1. The number of amides is 1. The molecule has 1 amide bonds. The van der Waals surface area contributed by atoms with E-state index in [0.717, 1.165) is 38.2 Å². The standard InChI is InChI=1S/C29H31FN2O/c1-20-4-9-27-26(17-20)29(19-32(27)28(33)24-5-7-25(30)8-6-24)10-12-31(13-11-29)18-23-15-21(2)14-22(3)16-23/h4-9,14-17H,10-13,18-19H2,1-3H3. The van der Waals surface area contributed by atoms with Crippen molar-refractivity contribution < 1.29 is 9.18 Å². The van der Waals surface area contributed by atoms with Crippen molar-refractivity contribution in [1.29, 1.82) is 0 Å². The van der Waals surface area contributed by atoms with Gasteiger partial charge in [-0.15, -0.1) is 0 Å². The smallest absolute Gasteiger partial charge is 0.258 e. The van der Waals surface area contributed by atoms with Crippen LogP contribution in [0.2, 0.25) is 0 Å². The average molecular weight is 443 g/mol. The Morgan fingerprint density at radius 3 is 2.21 bits per heavy atom. The Bertz CT molecular complexity index is 1170. The molecule has 5 rings (SSSR count). The molecular formula is C29H31FN2O. The fraction of sp³-hybridized carbons (Fsp3) is 0.345. The molecule has 170 valence electrons. The van der Waals surface area contributed by atoms with Crippen LogP contribution in [0.4, 0.5) is 10.1 Å². The van der Waals surface area contributed by atoms with Crippen LogP contribution in [0.15, 0.2) is 60.7 Å². The van der Waals surface area contributed by atoms with Crippen molar-refractivity contribution >= 4 is 11.6 Å². The zero-order chi connectivity index (χ0) is 23.2. The number of carbonyl (C=O) groups excluding carboxylic acids is 1. The first-order valence-electron chi connectivity index (χ1n) is 11.8. The van der Waals surface area contributed by atoms with Crippen molar-refractivity contribution in [2.45, 2.75) is 45.6 Å². The molecule has 0 unspecified atom stereocenters. The quantitative estimate of drug-likeness (QED) is 0.501. The van der Waals surface area contributed by atoms with Crippen LogP contribution >= 0.6 is 0 Å². The topological polar surface area (TPSA) is 23.6 Å². The maximum atomic E-state index is 13.4. The highest BCUT2D eigenvalue weighted by Crippen LogP contribution is 2.48. The molecular weight excluding hydrogens is 411 g/mol. The van der Waals surface area contributed by atoms with Crippen molar-refractivity contribution in [2.24, 2.45) is 0 Å². The minimum absolute atomic E-state index is 0.0178. The van der Waals surface area contributed by atoms with Crippen molar-refractivity contribution in [2.75, 3.05) is 24.5 Å². The zero-order valence-corrected chi connectivity index (χ0v) is 19.7. The predicted octanol–water partition coefficient (Wildman–Crippen LogP) is 5.95. The second-order valence-corrected chi connectivity index (χ2v) is 9.97. The summed E-state index contributed by atoms with van der Waals surface area (Å²) < 4.78 is 13.4. The van der Waals surface area contributed by atoms with Crippen LogP contribution in [0.3, 0.4) is 0 Å². The second kappa shape index (κ2) is 8.42. The Kier molecular flexibility index (Phi) is 5.57. The number of carbonyl (C=O) groups is 1. The summed E-state index contributed by atoms with van der Waals surface area (Å²) in [6.07, 6.45) is 2.06. The number of aryl methyl sites for hydroxylation is 3. The number of likely N-dealkylation sites (tertiary alicyclic amines) is 1. The van der Waals surface area contributed by atoms with Gasteiger partial charge in [0, 0.05) is 29.8 Å². The van der Waals surface area contributed by atoms with Gasteiger partial charge in [0.2, 0.25) is 0 Å². The average Bonchev–Trinajstić information content (AvgIpc) is 3.08. The molecule has 4 heteroatoms. The van der Waals surface area contributed by atoms with E-state index in [1.807, 2.05) is 4.90 Å². The number of anilines is 1. The van der Waals surface area contributed by atoms with Crippen LogP contribution < -0.4 is 4.90 Å². The maximum Gasteiger partial charge on any atom is 0.258 e. The van der Waals surface area contributed by atoms with Gasteiger partial charge in [-0.05, 0) is 88.2 Å². The Labute approximate surface area is 195 Å². The summed E-state index contributed by atoms with van der Waals surface area (Å²) in [7, 11) is 0. The van der Waals surface area contributed by atoms with E-state index >= 15 is 0 Å². The van der Waals surface area contributed by atoms with Gasteiger partial charge in [-0.25, -0.2) is 4.39 Å². The molecule has 33 heavy (non-hydrogen) atoms. The number of halogens is 1. The first kappa shape index (κ1) is 21.8. The first-order valence-corrected chi connectivity index (χ1v) is 11.8. The molecule has 3 nitrogen and oxygen atoms in total. The van der Waals surface area contributed by atoms with Crippen molar-refractivity contribution in [3.8, 4) is 0 Å². The van der Waals surface area contributed by atoms with Gasteiger partial charge in [0.15, 0.2) is 0 Å². The molecule has 0 radical (unpaired) electrons. The molecule has 2 aliphatic rings. The Morgan fingerprint density at radius 2 is 1.55 bits per heavy atom. The molecule has 0 saturated carbocycles. The highest BCUT2D eigenvalue weighted by atomic mass is 19.1. The van der Waals surface area contributed by atoms with Gasteiger partial charge < -0.3 is 4.90 Å². The third kappa shape index (κ3) is 4.20. The van der Waals surface area contributed by atoms with Crippen LogP contribution in [-0.2, 0) is 12.0 Å². The predicted molar refractivity (Wildman–Crippen MR) is 131 cm³/mol. The largest absolute Gasteiger partial charge is 0.307 e. The van der Waals surface area contributed by atoms with Crippen molar-refractivity contribution in [3.05, 3.63) is 99.9 Å². The Morgan fingerprint density at radius 1 is 0.879 bits per heavy atom. The van der Waals surface area contributed by atoms with Crippen molar-refractivity contribution in [3.63, 3.8) is 0 Å². The second-order valence-electron chi connectivity index (χ2n) is 9.97. The summed E-state index contributed by atoms with van der Waals surface area (Å²) in [5.74, 6) is -0.369. The van der Waals surface area contributed by atoms with E-state index in [1.165, 1.54) is 39.9 Å². The monoisotopic (exact) mass is 442 g/mol. The molecule has 0 bridgehead atoms. The molecule has 3 aromatic carbocycles. The molecule has 0 aromatic heterocycles. The minimum atomic E-state index is -0.323. The number of hydrogen-bond acceptors (Lipinski definition) is 2. The summed E-state index contributed by atoms with van der Waals surface area (Å²) in [5.41, 5.74) is 8.05. The summed E-state index contributed by atoms with van der Waals surface area (Å²) in [4.78, 5) is 17.9. The summed E-state index contributed by atoms with van der Waals surface area (Å²) in [5, 5.41) is 0. The minimum Gasteiger partial charge on any atom is -0.307 e. The normalized spacial score (nSPS) is 17.4. The molecule has 0 atom stereocenters. The van der Waals surface area contributed by atoms with Gasteiger partial charge in [-0.3, -0.25) is 9.69 Å². The van der Waals surface area contributed by atoms with E-state index in [-0.39, 0.29) is 17.1 Å². The SMILES string of the molecule is Cc1cc(C)cc(CN2CCC3(CC2)CN(C(=O)c2ccc(F)cc2)c2ccc(C)cc23)c1. The van der Waals surface area contributed by atoms with Gasteiger partial charge in [-0.1, -0.05) is 47.0 Å². The fourth-order valence-corrected chi connectivity index (χ4v) is 5.70. The highest BCUT2D eigenvalue weighted by Gasteiger charge is 2.46. The molecule has 2 aliphatic heterocycles. The highest BCUT2D eigenvalue weighted by molar-refractivity contribution is 6.07. The molecule has 3 aromatic rings. The van der Waals surface area contributed by atoms with E-state index in [1.54, 1.807) is 12.1 Å². The molecule has 0 N–H and O–H groups in total. The van der Waals surface area contributed by atoms with Crippen LogP contribution in [0.5, 0.6) is 0 Å². The van der Waals surface area contributed by atoms with Gasteiger partial charge >= 0.3 is 0 Å². The third-order valence-corrected chi connectivity index (χ3v) is 7.31. The number of fused-ring (bicyclic) bond motifs is 2. The molecule has 1 fully saturated rings. The number of benzene rings is 3. The Hall–Kier alpha value is -2.98. The number of nitrogens with zero attached hydrogens (tertiary/aromatic N) is 2. The van der Waals surface area contributed by atoms with Gasteiger partial charge in [0.05, 0.1) is 0 Å². The molecule has 1 spiro atoms. The van der Waals surface area contributed by atoms with E-state index in [4.69, 9.17) is 0 Å². The lowest BCUT2D eigenvalue weighted by atomic mass is 9.74. The van der Waals surface area contributed by atoms with Crippen LogP contribution in [0.1, 0.15) is 51.0 Å². The van der Waals surface area contributed by atoms with Crippen LogP contribution in [0.25, 0.3) is 0 Å². The van der Waals surface area contributed by atoms with Gasteiger partial charge in [0.1, 0.15) is 5.82 Å². The third-order valence-electron chi connectivity index (χ3n) is 7.31. The zero-order valence-electron chi connectivity index (χ0n) is 19.7. The molecule has 0 aliphatic carbocycles. The van der Waals surface area contributed by atoms with E-state index in [2.05, 4.69) is 62.1 Å². The molecule has 1 saturated heterocycles. The van der Waals surface area contributed by atoms with Crippen LogP contribution in [-0.4, -0.2) is 30.4 Å². The fourth-order valence-electron chi connectivity index (χ4n) is 5.70. The number of rotatable bonds is 3. The lowest BCUT2D eigenvalue weighted by Crippen LogP contribution is -2.45. The lowest BCUT2D eigenvalue weighted by Gasteiger charge is -2.40.